The molecule has 0 N–H and O–H groups in total. The first kappa shape index (κ1) is 17.0. The third kappa shape index (κ3) is 3.21. The number of fused-ring (bicyclic) bond motifs is 1. The third-order valence-corrected chi connectivity index (χ3v) is 4.88. The van der Waals surface area contributed by atoms with Gasteiger partial charge >= 0.3 is 0 Å². The lowest BCUT2D eigenvalue weighted by Crippen LogP contribution is -2.16. The summed E-state index contributed by atoms with van der Waals surface area (Å²) in [5, 5.41) is 4.29. The Labute approximate surface area is 149 Å². The van der Waals surface area contributed by atoms with Crippen LogP contribution in [0.2, 0.25) is 0 Å². The van der Waals surface area contributed by atoms with E-state index in [1.165, 1.54) is 11.3 Å². The van der Waals surface area contributed by atoms with Gasteiger partial charge in [-0.25, -0.2) is 0 Å². The first-order valence-corrected chi connectivity index (χ1v) is 8.63. The second-order valence-corrected chi connectivity index (χ2v) is 6.42. The molecule has 0 saturated heterocycles. The predicted molar refractivity (Wildman–Crippen MR) is 97.7 cm³/mol. The van der Waals surface area contributed by atoms with E-state index >= 15 is 0 Å². The molecule has 0 bridgehead atoms. The number of benzene rings is 1. The fraction of sp³-hybridized carbons (Fsp3) is 0.278. The van der Waals surface area contributed by atoms with Crippen molar-refractivity contribution < 1.29 is 9.53 Å². The largest absolute Gasteiger partial charge is 0.497 e. The van der Waals surface area contributed by atoms with E-state index in [2.05, 4.69) is 16.0 Å². The number of aryl methyl sites for hydroxylation is 2. The van der Waals surface area contributed by atoms with Crippen LogP contribution >= 0.6 is 11.3 Å². The van der Waals surface area contributed by atoms with Crippen molar-refractivity contribution >= 4 is 27.5 Å². The van der Waals surface area contributed by atoms with Crippen molar-refractivity contribution in [3.63, 3.8) is 0 Å². The average molecular weight is 354 g/mol. The summed E-state index contributed by atoms with van der Waals surface area (Å²) in [5.74, 6) is 2.99. The SMILES string of the molecule is C#CCn1c(=NC(=O)c2cc(C)n(CC)n2)sc2cc(OC)ccc21. The summed E-state index contributed by atoms with van der Waals surface area (Å²) < 4.78 is 9.83. The van der Waals surface area contributed by atoms with E-state index in [4.69, 9.17) is 11.2 Å². The standard InChI is InChI=1S/C18H18N4O2S/c1-5-9-21-15-8-7-13(24-4)11-16(15)25-18(21)19-17(23)14-10-12(3)22(6-2)20-14/h1,7-8,10-11H,6,9H2,2-4H3. The predicted octanol–water partition coefficient (Wildman–Crippen LogP) is 2.61. The molecular weight excluding hydrogens is 336 g/mol. The van der Waals surface area contributed by atoms with Crippen LogP contribution in [-0.4, -0.2) is 27.4 Å². The van der Waals surface area contributed by atoms with Crippen LogP contribution in [-0.2, 0) is 13.1 Å². The van der Waals surface area contributed by atoms with Crippen LogP contribution < -0.4 is 9.54 Å². The van der Waals surface area contributed by atoms with Gasteiger partial charge in [0.15, 0.2) is 10.5 Å². The Morgan fingerprint density at radius 2 is 2.24 bits per heavy atom. The van der Waals surface area contributed by atoms with Gasteiger partial charge in [0.2, 0.25) is 0 Å². The fourth-order valence-corrected chi connectivity index (χ4v) is 3.65. The monoisotopic (exact) mass is 354 g/mol. The molecule has 2 heterocycles. The van der Waals surface area contributed by atoms with E-state index < -0.39 is 0 Å². The number of thiazole rings is 1. The Morgan fingerprint density at radius 3 is 2.88 bits per heavy atom. The van der Waals surface area contributed by atoms with Crippen molar-refractivity contribution in [1.29, 1.82) is 0 Å². The second kappa shape index (κ2) is 6.95. The number of amides is 1. The Hall–Kier alpha value is -2.85. The van der Waals surface area contributed by atoms with Crippen molar-refractivity contribution in [1.82, 2.24) is 14.3 Å². The van der Waals surface area contributed by atoms with Gasteiger partial charge in [-0.2, -0.15) is 10.1 Å². The van der Waals surface area contributed by atoms with Crippen LogP contribution in [0.1, 0.15) is 23.1 Å². The van der Waals surface area contributed by atoms with Crippen molar-refractivity contribution in [2.45, 2.75) is 26.9 Å². The average Bonchev–Trinajstić information content (AvgIpc) is 3.15. The number of ether oxygens (including phenoxy) is 1. The van der Waals surface area contributed by atoms with Gasteiger partial charge < -0.3 is 9.30 Å². The van der Waals surface area contributed by atoms with Gasteiger partial charge in [-0.05, 0) is 38.1 Å². The summed E-state index contributed by atoms with van der Waals surface area (Å²) in [6.07, 6.45) is 5.49. The molecule has 0 fully saturated rings. The van der Waals surface area contributed by atoms with Gasteiger partial charge in [-0.1, -0.05) is 17.3 Å². The van der Waals surface area contributed by atoms with Gasteiger partial charge in [0, 0.05) is 12.2 Å². The zero-order chi connectivity index (χ0) is 18.0. The highest BCUT2D eigenvalue weighted by Crippen LogP contribution is 2.23. The van der Waals surface area contributed by atoms with Crippen LogP contribution in [0.25, 0.3) is 10.2 Å². The summed E-state index contributed by atoms with van der Waals surface area (Å²) in [4.78, 5) is 17.3. The molecule has 0 spiro atoms. The Kier molecular flexibility index (Phi) is 4.72. The van der Waals surface area contributed by atoms with Gasteiger partial charge in [-0.3, -0.25) is 9.48 Å². The number of methoxy groups -OCH3 is 1. The van der Waals surface area contributed by atoms with E-state index in [1.807, 2.05) is 36.6 Å². The molecule has 0 atom stereocenters. The lowest BCUT2D eigenvalue weighted by Gasteiger charge is -2.01. The highest BCUT2D eigenvalue weighted by Gasteiger charge is 2.13. The molecule has 7 heteroatoms. The normalized spacial score (nSPS) is 11.7. The van der Waals surface area contributed by atoms with Crippen LogP contribution in [0.5, 0.6) is 5.75 Å². The number of aromatic nitrogens is 3. The summed E-state index contributed by atoms with van der Waals surface area (Å²) in [5.41, 5.74) is 2.19. The molecule has 25 heavy (non-hydrogen) atoms. The number of hydrogen-bond donors (Lipinski definition) is 0. The lowest BCUT2D eigenvalue weighted by molar-refractivity contribution is 0.0992. The quantitative estimate of drug-likeness (QED) is 0.677. The molecule has 0 aliphatic carbocycles. The topological polar surface area (TPSA) is 61.4 Å². The Bertz CT molecular complexity index is 1050. The number of carbonyl (C=O) groups excluding carboxylic acids is 1. The van der Waals surface area contributed by atoms with Crippen molar-refractivity contribution in [3.05, 3.63) is 40.5 Å². The molecular formula is C18H18N4O2S. The first-order valence-electron chi connectivity index (χ1n) is 7.81. The number of rotatable bonds is 4. The minimum Gasteiger partial charge on any atom is -0.497 e. The van der Waals surface area contributed by atoms with Crippen molar-refractivity contribution in [2.24, 2.45) is 4.99 Å². The highest BCUT2D eigenvalue weighted by molar-refractivity contribution is 7.16. The van der Waals surface area contributed by atoms with Crippen molar-refractivity contribution in [2.75, 3.05) is 7.11 Å². The smallest absolute Gasteiger partial charge is 0.300 e. The van der Waals surface area contributed by atoms with E-state index in [-0.39, 0.29) is 5.91 Å². The molecule has 1 amide bonds. The van der Waals surface area contributed by atoms with Gasteiger partial charge in [0.1, 0.15) is 5.75 Å². The maximum Gasteiger partial charge on any atom is 0.300 e. The number of carbonyl (C=O) groups is 1. The summed E-state index contributed by atoms with van der Waals surface area (Å²) in [6.45, 7) is 4.93. The first-order chi connectivity index (χ1) is 12.1. The van der Waals surface area contributed by atoms with Crippen LogP contribution in [0, 0.1) is 19.3 Å². The lowest BCUT2D eigenvalue weighted by atomic mass is 10.3. The summed E-state index contributed by atoms with van der Waals surface area (Å²) in [7, 11) is 1.62. The zero-order valence-electron chi connectivity index (χ0n) is 14.3. The molecule has 6 nitrogen and oxygen atoms in total. The maximum atomic E-state index is 12.5. The molecule has 128 valence electrons. The van der Waals surface area contributed by atoms with E-state index in [0.29, 0.717) is 23.6 Å². The molecule has 3 aromatic rings. The molecule has 1 aromatic carbocycles. The minimum atomic E-state index is -0.375. The Balaban J connectivity index is 2.12. The second-order valence-electron chi connectivity index (χ2n) is 5.41. The highest BCUT2D eigenvalue weighted by atomic mass is 32.1. The molecule has 2 aromatic heterocycles. The van der Waals surface area contributed by atoms with E-state index in [0.717, 1.165) is 21.7 Å². The Morgan fingerprint density at radius 1 is 1.44 bits per heavy atom. The maximum absolute atomic E-state index is 12.5. The van der Waals surface area contributed by atoms with Crippen LogP contribution in [0.4, 0.5) is 0 Å². The number of nitrogens with zero attached hydrogens (tertiary/aromatic N) is 4. The molecule has 0 unspecified atom stereocenters. The van der Waals surface area contributed by atoms with Gasteiger partial charge in [-0.15, -0.1) is 6.42 Å². The third-order valence-electron chi connectivity index (χ3n) is 3.84. The number of terminal acetylenes is 1. The van der Waals surface area contributed by atoms with Gasteiger partial charge in [0.25, 0.3) is 5.91 Å². The molecule has 0 saturated carbocycles. The van der Waals surface area contributed by atoms with Crippen LogP contribution in [0.3, 0.4) is 0 Å². The molecule has 0 aliphatic heterocycles. The minimum absolute atomic E-state index is 0.334. The fourth-order valence-electron chi connectivity index (χ4n) is 2.59. The molecule has 0 radical (unpaired) electrons. The molecule has 0 aliphatic rings. The summed E-state index contributed by atoms with van der Waals surface area (Å²) >= 11 is 1.40. The van der Waals surface area contributed by atoms with Gasteiger partial charge in [0.05, 0.1) is 23.9 Å². The van der Waals surface area contributed by atoms with E-state index in [9.17, 15) is 4.79 Å². The zero-order valence-corrected chi connectivity index (χ0v) is 15.1. The number of hydrogen-bond acceptors (Lipinski definition) is 4. The van der Waals surface area contributed by atoms with Crippen LogP contribution in [0.15, 0.2) is 29.3 Å². The van der Waals surface area contributed by atoms with E-state index in [1.54, 1.807) is 17.9 Å². The summed E-state index contributed by atoms with van der Waals surface area (Å²) in [6, 6.07) is 7.44. The molecule has 3 rings (SSSR count). The van der Waals surface area contributed by atoms with Crippen molar-refractivity contribution in [3.8, 4) is 18.1 Å².